The van der Waals surface area contributed by atoms with E-state index in [1.165, 1.54) is 12.1 Å². The Morgan fingerprint density at radius 3 is 2.04 bits per heavy atom. The molecule has 0 aliphatic heterocycles. The Morgan fingerprint density at radius 2 is 1.56 bits per heavy atom. The van der Waals surface area contributed by atoms with Crippen molar-refractivity contribution in [3.8, 4) is 23.6 Å². The van der Waals surface area contributed by atoms with Gasteiger partial charge in [-0.15, -0.1) is 10.2 Å². The van der Waals surface area contributed by atoms with Crippen LogP contribution in [0.2, 0.25) is 0 Å². The Labute approximate surface area is 146 Å². The maximum atomic E-state index is 12.8. The molecule has 0 unspecified atom stereocenters. The van der Waals surface area contributed by atoms with E-state index in [1.54, 1.807) is 0 Å². The van der Waals surface area contributed by atoms with Gasteiger partial charge in [-0.1, -0.05) is 5.16 Å². The van der Waals surface area contributed by atoms with Gasteiger partial charge in [-0.25, -0.2) is 0 Å². The third-order valence-electron chi connectivity index (χ3n) is 2.86. The van der Waals surface area contributed by atoms with Crippen LogP contribution in [0.3, 0.4) is 0 Å². The zero-order valence-corrected chi connectivity index (χ0v) is 12.8. The maximum absolute atomic E-state index is 12.8. The number of nitrogens with zero attached hydrogens (tertiary/aromatic N) is 5. The summed E-state index contributed by atoms with van der Waals surface area (Å²) in [5.41, 5.74) is -4.31. The Balaban J connectivity index is 2.34. The lowest BCUT2D eigenvalue weighted by Crippen LogP contribution is -2.11. The molecule has 7 nitrogen and oxygen atoms in total. The minimum Gasteiger partial charge on any atom is -0.417 e. The van der Waals surface area contributed by atoms with E-state index in [4.69, 9.17) is 14.9 Å². The lowest BCUT2D eigenvalue weighted by molar-refractivity contribution is -0.143. The van der Waals surface area contributed by atoms with Crippen molar-refractivity contribution in [2.75, 3.05) is 0 Å². The number of rotatable bonds is 4. The number of hydrogen-bond acceptors (Lipinski definition) is 7. The van der Waals surface area contributed by atoms with Crippen molar-refractivity contribution in [1.29, 1.82) is 10.5 Å². The molecule has 140 valence electrons. The van der Waals surface area contributed by atoms with E-state index in [0.717, 1.165) is 0 Å². The van der Waals surface area contributed by atoms with E-state index in [2.05, 4.69) is 20.2 Å². The molecule has 0 aliphatic carbocycles. The smallest absolute Gasteiger partial charge is 0.416 e. The Bertz CT molecular complexity index is 900. The van der Waals surface area contributed by atoms with Gasteiger partial charge in [-0.05, 0) is 18.2 Å². The van der Waals surface area contributed by atoms with E-state index in [-0.39, 0.29) is 12.0 Å². The molecule has 0 radical (unpaired) electrons. The van der Waals surface area contributed by atoms with Crippen LogP contribution in [0.1, 0.15) is 17.0 Å². The van der Waals surface area contributed by atoms with Gasteiger partial charge in [-0.3, -0.25) is 0 Å². The number of benzene rings is 1. The second-order valence-electron chi connectivity index (χ2n) is 4.73. The van der Waals surface area contributed by atoms with Crippen molar-refractivity contribution in [3.63, 3.8) is 0 Å². The van der Waals surface area contributed by atoms with Crippen molar-refractivity contribution in [2.24, 2.45) is 5.16 Å². The van der Waals surface area contributed by atoms with Gasteiger partial charge in [-0.2, -0.15) is 36.9 Å². The minimum atomic E-state index is -5.03. The summed E-state index contributed by atoms with van der Waals surface area (Å²) in [6, 6.07) is 3.60. The highest BCUT2D eigenvalue weighted by Crippen LogP contribution is 2.38. The highest BCUT2D eigenvalue weighted by molar-refractivity contribution is 6.09. The van der Waals surface area contributed by atoms with E-state index < -0.39 is 47.3 Å². The van der Waals surface area contributed by atoms with Crippen LogP contribution in [-0.4, -0.2) is 15.9 Å². The largest absolute Gasteiger partial charge is 0.417 e. The number of halogens is 6. The van der Waals surface area contributed by atoms with E-state index in [9.17, 15) is 26.3 Å². The molecule has 0 amide bonds. The average Bonchev–Trinajstić information content (AvgIpc) is 3.06. The van der Waals surface area contributed by atoms with Crippen LogP contribution in [0, 0.1) is 22.7 Å². The molecule has 2 aromatic rings. The number of nitriles is 2. The Morgan fingerprint density at radius 1 is 1.00 bits per heavy atom. The van der Waals surface area contributed by atoms with E-state index >= 15 is 0 Å². The first kappa shape index (κ1) is 19.7. The standard InChI is InChI=1S/C14H5F6N5O2/c15-13(16,17)8-1-7(2-9(3-8)14(18,19)20)12-24-23-11(27-12)6-26-25-10(4-21)5-22/h1-3H,6H2. The van der Waals surface area contributed by atoms with Crippen LogP contribution < -0.4 is 0 Å². The van der Waals surface area contributed by atoms with Crippen LogP contribution in [0.15, 0.2) is 27.8 Å². The predicted molar refractivity (Wildman–Crippen MR) is 73.2 cm³/mol. The summed E-state index contributed by atoms with van der Waals surface area (Å²) in [7, 11) is 0. The number of aromatic nitrogens is 2. The molecule has 0 fully saturated rings. The van der Waals surface area contributed by atoms with Crippen LogP contribution in [-0.2, 0) is 23.8 Å². The topological polar surface area (TPSA) is 108 Å². The van der Waals surface area contributed by atoms with Crippen molar-refractivity contribution in [3.05, 3.63) is 35.2 Å². The lowest BCUT2D eigenvalue weighted by Gasteiger charge is -2.12. The third-order valence-corrected chi connectivity index (χ3v) is 2.86. The third kappa shape index (κ3) is 4.94. The molecular formula is C14H5F6N5O2. The van der Waals surface area contributed by atoms with Crippen molar-refractivity contribution >= 4 is 5.71 Å². The molecule has 0 saturated carbocycles. The molecule has 0 spiro atoms. The Kier molecular flexibility index (Phi) is 5.35. The SMILES string of the molecule is N#CC(C#N)=NOCc1nnc(-c2cc(C(F)(F)F)cc(C(F)(F)F)c2)o1. The van der Waals surface area contributed by atoms with E-state index in [0.29, 0.717) is 12.1 Å². The van der Waals surface area contributed by atoms with Gasteiger partial charge in [0, 0.05) is 5.56 Å². The van der Waals surface area contributed by atoms with Gasteiger partial charge in [0.2, 0.25) is 5.89 Å². The fourth-order valence-electron chi connectivity index (χ4n) is 1.72. The van der Waals surface area contributed by atoms with Gasteiger partial charge >= 0.3 is 12.4 Å². The second kappa shape index (κ2) is 7.33. The molecule has 0 saturated heterocycles. The van der Waals surface area contributed by atoms with Gasteiger partial charge < -0.3 is 9.25 Å². The zero-order valence-electron chi connectivity index (χ0n) is 12.8. The van der Waals surface area contributed by atoms with Gasteiger partial charge in [0.25, 0.3) is 11.6 Å². The summed E-state index contributed by atoms with van der Waals surface area (Å²) in [6.45, 7) is -0.565. The zero-order chi connectivity index (χ0) is 20.2. The maximum Gasteiger partial charge on any atom is 0.416 e. The Hall–Kier alpha value is -3.61. The highest BCUT2D eigenvalue weighted by atomic mass is 19.4. The molecule has 1 heterocycles. The summed E-state index contributed by atoms with van der Waals surface area (Å²) < 4.78 is 82.0. The lowest BCUT2D eigenvalue weighted by atomic mass is 10.0. The molecule has 1 aromatic heterocycles. The monoisotopic (exact) mass is 389 g/mol. The van der Waals surface area contributed by atoms with Gasteiger partial charge in [0.1, 0.15) is 12.1 Å². The minimum absolute atomic E-state index is 0.0378. The first-order chi connectivity index (χ1) is 12.5. The van der Waals surface area contributed by atoms with E-state index in [1.807, 2.05) is 0 Å². The number of alkyl halides is 6. The fourth-order valence-corrected chi connectivity index (χ4v) is 1.72. The summed E-state index contributed by atoms with van der Waals surface area (Å²) in [4.78, 5) is 4.56. The predicted octanol–water partition coefficient (Wildman–Crippen LogP) is 3.69. The molecule has 2 rings (SSSR count). The molecule has 0 aliphatic rings. The van der Waals surface area contributed by atoms with Crippen LogP contribution >= 0.6 is 0 Å². The summed E-state index contributed by atoms with van der Waals surface area (Å²) >= 11 is 0. The molecule has 0 atom stereocenters. The molecule has 0 N–H and O–H groups in total. The van der Waals surface area contributed by atoms with Crippen LogP contribution in [0.4, 0.5) is 26.3 Å². The summed E-state index contributed by atoms with van der Waals surface area (Å²) in [5.74, 6) is -0.968. The van der Waals surface area contributed by atoms with Gasteiger partial charge in [0.15, 0.2) is 6.61 Å². The first-order valence-electron chi connectivity index (χ1n) is 6.67. The summed E-state index contributed by atoms with van der Waals surface area (Å²) in [6.07, 6.45) is -10.1. The summed E-state index contributed by atoms with van der Waals surface area (Å²) in [5, 5.41) is 26.7. The quantitative estimate of drug-likeness (QED) is 0.448. The van der Waals surface area contributed by atoms with Crippen molar-refractivity contribution in [1.82, 2.24) is 10.2 Å². The van der Waals surface area contributed by atoms with Crippen LogP contribution in [0.5, 0.6) is 0 Å². The number of oxime groups is 1. The normalized spacial score (nSPS) is 11.4. The molecule has 27 heavy (non-hydrogen) atoms. The van der Waals surface area contributed by atoms with Crippen molar-refractivity contribution in [2.45, 2.75) is 19.0 Å². The molecular weight excluding hydrogens is 384 g/mol. The average molecular weight is 389 g/mol. The molecule has 1 aromatic carbocycles. The fraction of sp³-hybridized carbons (Fsp3) is 0.214. The van der Waals surface area contributed by atoms with Gasteiger partial charge in [0.05, 0.1) is 11.1 Å². The molecule has 13 heteroatoms. The highest BCUT2D eigenvalue weighted by Gasteiger charge is 2.37. The first-order valence-corrected chi connectivity index (χ1v) is 6.67. The second-order valence-corrected chi connectivity index (χ2v) is 4.73. The number of hydrogen-bond donors (Lipinski definition) is 0. The molecule has 0 bridgehead atoms. The van der Waals surface area contributed by atoms with Crippen LogP contribution in [0.25, 0.3) is 11.5 Å². The van der Waals surface area contributed by atoms with Crippen molar-refractivity contribution < 1.29 is 35.6 Å².